The fourth-order valence-electron chi connectivity index (χ4n) is 3.48. The van der Waals surface area contributed by atoms with Gasteiger partial charge in [0.25, 0.3) is 0 Å². The number of hydrogen-bond acceptors (Lipinski definition) is 4. The molecule has 1 heterocycles. The van der Waals surface area contributed by atoms with Crippen LogP contribution in [0.4, 0.5) is 4.79 Å². The third-order valence-electron chi connectivity index (χ3n) is 4.82. The summed E-state index contributed by atoms with van der Waals surface area (Å²) < 4.78 is 5.30. The van der Waals surface area contributed by atoms with Crippen LogP contribution in [0.3, 0.4) is 0 Å². The molecule has 5 nitrogen and oxygen atoms in total. The quantitative estimate of drug-likeness (QED) is 0.834. The van der Waals surface area contributed by atoms with E-state index in [4.69, 9.17) is 4.74 Å². The number of ether oxygens (including phenoxy) is 1. The number of likely N-dealkylation sites (tertiary alicyclic amines) is 1. The van der Waals surface area contributed by atoms with E-state index in [1.165, 1.54) is 32.4 Å². The topological polar surface area (TPSA) is 53.6 Å². The maximum Gasteiger partial charge on any atom is 0.407 e. The molecule has 2 rings (SSSR count). The standard InChI is InChI=1S/C18H35N3O2/c1-13(2)21-9-6-7-14(8-10-21)19-15-11-16(12-15)20-17(22)23-18(3,4)5/h13-16,19H,6-12H2,1-5H3,(H,20,22). The van der Waals surface area contributed by atoms with E-state index in [1.54, 1.807) is 0 Å². The first-order chi connectivity index (χ1) is 10.7. The van der Waals surface area contributed by atoms with Crippen LogP contribution in [0.1, 0.15) is 66.7 Å². The second-order valence-corrected chi connectivity index (χ2v) is 8.44. The molecule has 0 aromatic rings. The van der Waals surface area contributed by atoms with Gasteiger partial charge in [-0.2, -0.15) is 0 Å². The highest BCUT2D eigenvalue weighted by Crippen LogP contribution is 2.23. The van der Waals surface area contributed by atoms with Gasteiger partial charge in [-0.05, 0) is 79.8 Å². The minimum atomic E-state index is -0.423. The zero-order chi connectivity index (χ0) is 17.0. The highest BCUT2D eigenvalue weighted by Gasteiger charge is 2.33. The molecule has 134 valence electrons. The number of carbonyl (C=O) groups excluding carboxylic acids is 1. The van der Waals surface area contributed by atoms with Gasteiger partial charge >= 0.3 is 6.09 Å². The van der Waals surface area contributed by atoms with Gasteiger partial charge < -0.3 is 20.3 Å². The molecule has 1 aliphatic heterocycles. The average Bonchev–Trinajstić information content (AvgIpc) is 2.59. The van der Waals surface area contributed by atoms with Crippen molar-refractivity contribution in [2.45, 2.75) is 96.5 Å². The maximum absolute atomic E-state index is 11.7. The lowest BCUT2D eigenvalue weighted by molar-refractivity contribution is 0.0462. The van der Waals surface area contributed by atoms with Crippen LogP contribution in [0.15, 0.2) is 0 Å². The highest BCUT2D eigenvalue weighted by molar-refractivity contribution is 5.68. The highest BCUT2D eigenvalue weighted by atomic mass is 16.6. The van der Waals surface area contributed by atoms with Gasteiger partial charge in [0.2, 0.25) is 0 Å². The molecule has 1 unspecified atom stereocenters. The van der Waals surface area contributed by atoms with E-state index < -0.39 is 5.60 Å². The Bertz CT molecular complexity index is 386. The normalized spacial score (nSPS) is 29.7. The first-order valence-electron chi connectivity index (χ1n) is 9.22. The summed E-state index contributed by atoms with van der Waals surface area (Å²) in [5.74, 6) is 0. The molecule has 1 saturated carbocycles. The average molecular weight is 325 g/mol. The van der Waals surface area contributed by atoms with Crippen LogP contribution in [-0.4, -0.2) is 53.9 Å². The zero-order valence-electron chi connectivity index (χ0n) is 15.5. The third-order valence-corrected chi connectivity index (χ3v) is 4.82. The molecule has 2 N–H and O–H groups in total. The van der Waals surface area contributed by atoms with Crippen molar-refractivity contribution in [3.63, 3.8) is 0 Å². The Morgan fingerprint density at radius 2 is 1.78 bits per heavy atom. The molecule has 0 spiro atoms. The summed E-state index contributed by atoms with van der Waals surface area (Å²) in [5.41, 5.74) is -0.423. The van der Waals surface area contributed by atoms with Gasteiger partial charge in [0.05, 0.1) is 0 Å². The van der Waals surface area contributed by atoms with Crippen LogP contribution in [-0.2, 0) is 4.74 Å². The number of amides is 1. The van der Waals surface area contributed by atoms with E-state index in [2.05, 4.69) is 29.4 Å². The van der Waals surface area contributed by atoms with Gasteiger partial charge in [0.15, 0.2) is 0 Å². The molecule has 0 aromatic carbocycles. The Kier molecular flexibility index (Phi) is 6.32. The van der Waals surface area contributed by atoms with Crippen molar-refractivity contribution in [1.82, 2.24) is 15.5 Å². The van der Waals surface area contributed by atoms with E-state index in [0.29, 0.717) is 18.1 Å². The minimum absolute atomic E-state index is 0.264. The third kappa shape index (κ3) is 6.30. The zero-order valence-corrected chi connectivity index (χ0v) is 15.5. The van der Waals surface area contributed by atoms with E-state index in [0.717, 1.165) is 12.8 Å². The minimum Gasteiger partial charge on any atom is -0.444 e. The number of alkyl carbamates (subject to hydrolysis) is 1. The Balaban J connectivity index is 1.63. The van der Waals surface area contributed by atoms with Crippen LogP contribution in [0.2, 0.25) is 0 Å². The number of carbonyl (C=O) groups is 1. The van der Waals surface area contributed by atoms with E-state index in [9.17, 15) is 4.79 Å². The predicted molar refractivity (Wildman–Crippen MR) is 93.7 cm³/mol. The summed E-state index contributed by atoms with van der Waals surface area (Å²) >= 11 is 0. The molecule has 1 atom stereocenters. The van der Waals surface area contributed by atoms with Gasteiger partial charge in [-0.25, -0.2) is 4.79 Å². The first kappa shape index (κ1) is 18.5. The lowest BCUT2D eigenvalue weighted by atomic mass is 9.86. The van der Waals surface area contributed by atoms with Crippen molar-refractivity contribution in [3.05, 3.63) is 0 Å². The number of rotatable bonds is 4. The molecule has 2 aliphatic rings. The number of nitrogens with one attached hydrogen (secondary N) is 2. The smallest absolute Gasteiger partial charge is 0.407 e. The fourth-order valence-corrected chi connectivity index (χ4v) is 3.48. The second-order valence-electron chi connectivity index (χ2n) is 8.44. The number of nitrogens with zero attached hydrogens (tertiary/aromatic N) is 1. The Hall–Kier alpha value is -0.810. The van der Waals surface area contributed by atoms with E-state index in [-0.39, 0.29) is 12.1 Å². The van der Waals surface area contributed by atoms with Crippen molar-refractivity contribution in [3.8, 4) is 0 Å². The number of hydrogen-bond donors (Lipinski definition) is 2. The molecule has 0 bridgehead atoms. The molecular formula is C18H35N3O2. The van der Waals surface area contributed by atoms with Crippen LogP contribution < -0.4 is 10.6 Å². The lowest BCUT2D eigenvalue weighted by Crippen LogP contribution is -2.55. The maximum atomic E-state index is 11.7. The molecule has 1 amide bonds. The van der Waals surface area contributed by atoms with Crippen LogP contribution in [0.25, 0.3) is 0 Å². The summed E-state index contributed by atoms with van der Waals surface area (Å²) in [4.78, 5) is 14.3. The van der Waals surface area contributed by atoms with E-state index >= 15 is 0 Å². The fraction of sp³-hybridized carbons (Fsp3) is 0.944. The second kappa shape index (κ2) is 7.84. The Morgan fingerprint density at radius 3 is 2.39 bits per heavy atom. The summed E-state index contributed by atoms with van der Waals surface area (Å²) in [6.45, 7) is 12.7. The summed E-state index contributed by atoms with van der Waals surface area (Å²) in [6, 6.07) is 2.09. The molecule has 1 saturated heterocycles. The van der Waals surface area contributed by atoms with Gasteiger partial charge in [0.1, 0.15) is 5.60 Å². The van der Waals surface area contributed by atoms with Crippen LogP contribution in [0, 0.1) is 0 Å². The Labute approximate surface area is 141 Å². The Morgan fingerprint density at radius 1 is 1.09 bits per heavy atom. The van der Waals surface area contributed by atoms with Crippen molar-refractivity contribution in [1.29, 1.82) is 0 Å². The van der Waals surface area contributed by atoms with Gasteiger partial charge in [-0.3, -0.25) is 0 Å². The molecular weight excluding hydrogens is 290 g/mol. The van der Waals surface area contributed by atoms with E-state index in [1.807, 2.05) is 20.8 Å². The van der Waals surface area contributed by atoms with Crippen molar-refractivity contribution >= 4 is 6.09 Å². The summed E-state index contributed by atoms with van der Waals surface area (Å²) in [6.07, 6.45) is 5.53. The summed E-state index contributed by atoms with van der Waals surface area (Å²) in [7, 11) is 0. The lowest BCUT2D eigenvalue weighted by Gasteiger charge is -2.39. The van der Waals surface area contributed by atoms with Gasteiger partial charge in [-0.1, -0.05) is 0 Å². The predicted octanol–water partition coefficient (Wildman–Crippen LogP) is 2.89. The van der Waals surface area contributed by atoms with Gasteiger partial charge in [0, 0.05) is 24.2 Å². The van der Waals surface area contributed by atoms with Crippen LogP contribution >= 0.6 is 0 Å². The monoisotopic (exact) mass is 325 g/mol. The van der Waals surface area contributed by atoms with Crippen LogP contribution in [0.5, 0.6) is 0 Å². The molecule has 23 heavy (non-hydrogen) atoms. The largest absolute Gasteiger partial charge is 0.444 e. The molecule has 0 radical (unpaired) electrons. The first-order valence-corrected chi connectivity index (χ1v) is 9.22. The van der Waals surface area contributed by atoms with Gasteiger partial charge in [-0.15, -0.1) is 0 Å². The molecule has 0 aromatic heterocycles. The molecule has 2 fully saturated rings. The van der Waals surface area contributed by atoms with Crippen molar-refractivity contribution < 1.29 is 9.53 Å². The molecule has 1 aliphatic carbocycles. The summed E-state index contributed by atoms with van der Waals surface area (Å²) in [5, 5.41) is 6.75. The molecule has 5 heteroatoms. The van der Waals surface area contributed by atoms with Crippen molar-refractivity contribution in [2.24, 2.45) is 0 Å². The van der Waals surface area contributed by atoms with Crippen molar-refractivity contribution in [2.75, 3.05) is 13.1 Å². The SMILES string of the molecule is CC(C)N1CCCC(NC2CC(NC(=O)OC(C)(C)C)C2)CC1.